The fraction of sp³-hybridized carbons (Fsp3) is 0.292. The molecule has 2 aliphatic rings. The molecule has 2 fully saturated rings. The molecule has 4 rings (SSSR count). The van der Waals surface area contributed by atoms with Gasteiger partial charge in [-0.15, -0.1) is 0 Å². The van der Waals surface area contributed by atoms with Gasteiger partial charge in [-0.3, -0.25) is 19.3 Å². The normalized spacial score (nSPS) is 18.4. The summed E-state index contributed by atoms with van der Waals surface area (Å²) in [5.74, 6) is -1.09. The Labute approximate surface area is 198 Å². The highest BCUT2D eigenvalue weighted by molar-refractivity contribution is 8.18. The summed E-state index contributed by atoms with van der Waals surface area (Å²) in [5, 5.41) is 2.35. The van der Waals surface area contributed by atoms with Crippen LogP contribution in [0.15, 0.2) is 53.4 Å². The number of nitrogens with one attached hydrogen (secondary N) is 1. The van der Waals surface area contributed by atoms with Crippen molar-refractivity contribution in [3.05, 3.63) is 70.4 Å². The summed E-state index contributed by atoms with van der Waals surface area (Å²) in [6, 6.07) is 11.6. The lowest BCUT2D eigenvalue weighted by Gasteiger charge is -2.40. The number of benzene rings is 2. The molecular weight excluding hydrogens is 469 g/mol. The van der Waals surface area contributed by atoms with Gasteiger partial charge in [0.05, 0.1) is 10.3 Å². The van der Waals surface area contributed by atoms with Crippen LogP contribution in [0.2, 0.25) is 0 Å². The smallest absolute Gasteiger partial charge is 0.387 e. The largest absolute Gasteiger partial charge is 0.435 e. The van der Waals surface area contributed by atoms with Crippen LogP contribution in [-0.2, 0) is 15.0 Å². The minimum atomic E-state index is -2.93. The first-order valence-electron chi connectivity index (χ1n) is 10.6. The third-order valence-electron chi connectivity index (χ3n) is 5.94. The lowest BCUT2D eigenvalue weighted by molar-refractivity contribution is -0.130. The van der Waals surface area contributed by atoms with E-state index in [0.717, 1.165) is 28.6 Å². The minimum Gasteiger partial charge on any atom is -0.435 e. The molecule has 1 aliphatic heterocycles. The van der Waals surface area contributed by atoms with E-state index in [9.17, 15) is 27.6 Å². The summed E-state index contributed by atoms with van der Waals surface area (Å²) >= 11 is 0.769. The zero-order valence-corrected chi connectivity index (χ0v) is 18.7. The number of alkyl halides is 2. The molecule has 34 heavy (non-hydrogen) atoms. The average molecular weight is 491 g/mol. The lowest BCUT2D eigenvalue weighted by Crippen LogP contribution is -2.50. The molecule has 1 aliphatic carbocycles. The Bertz CT molecular complexity index is 1120. The average Bonchev–Trinajstić information content (AvgIpc) is 3.02. The van der Waals surface area contributed by atoms with Crippen molar-refractivity contribution in [3.63, 3.8) is 0 Å². The number of carbonyl (C=O) groups is 3. The predicted octanol–water partition coefficient (Wildman–Crippen LogP) is 4.70. The number of hydrogen-bond donors (Lipinski definition) is 1. The topological polar surface area (TPSA) is 75.7 Å². The first kappa shape index (κ1) is 23.9. The van der Waals surface area contributed by atoms with Crippen molar-refractivity contribution in [1.29, 1.82) is 0 Å². The Kier molecular flexibility index (Phi) is 6.97. The Morgan fingerprint density at radius 3 is 2.38 bits per heavy atom. The van der Waals surface area contributed by atoms with Crippen LogP contribution in [0.25, 0.3) is 6.08 Å². The molecule has 0 atom stereocenters. The van der Waals surface area contributed by atoms with Gasteiger partial charge in [0.1, 0.15) is 11.6 Å². The maximum Gasteiger partial charge on any atom is 0.387 e. The number of halogens is 3. The fourth-order valence-electron chi connectivity index (χ4n) is 3.99. The molecule has 0 radical (unpaired) electrons. The van der Waals surface area contributed by atoms with E-state index < -0.39 is 23.2 Å². The highest BCUT2D eigenvalue weighted by Gasteiger charge is 2.45. The molecule has 1 saturated heterocycles. The Balaban J connectivity index is 1.35. The van der Waals surface area contributed by atoms with Crippen LogP contribution in [0.5, 0.6) is 5.75 Å². The molecule has 0 spiro atoms. The van der Waals surface area contributed by atoms with Crippen molar-refractivity contribution in [2.75, 3.05) is 13.1 Å². The van der Waals surface area contributed by atoms with Gasteiger partial charge in [-0.1, -0.05) is 30.7 Å². The molecular formula is C24H21F3N2O4S. The standard InChI is InChI=1S/C24H21F3N2O4S/c25-17-6-4-16(5-7-17)24(10-1-11-24)21(31)28-12-13-29-20(30)19(34-23(29)32)14-15-2-8-18(9-3-15)33-22(26)27/h2-9,14,22H,1,10-13H2,(H,28,31)/b19-14-. The van der Waals surface area contributed by atoms with Crippen LogP contribution in [-0.4, -0.2) is 41.7 Å². The van der Waals surface area contributed by atoms with E-state index in [0.29, 0.717) is 18.4 Å². The van der Waals surface area contributed by atoms with Crippen LogP contribution in [0.1, 0.15) is 30.4 Å². The first-order chi connectivity index (χ1) is 16.3. The first-order valence-corrected chi connectivity index (χ1v) is 11.4. The quantitative estimate of drug-likeness (QED) is 0.543. The number of hydrogen-bond acceptors (Lipinski definition) is 5. The maximum absolute atomic E-state index is 13.3. The molecule has 2 aromatic rings. The van der Waals surface area contributed by atoms with Crippen molar-refractivity contribution in [1.82, 2.24) is 10.2 Å². The van der Waals surface area contributed by atoms with E-state index in [4.69, 9.17) is 0 Å². The predicted molar refractivity (Wildman–Crippen MR) is 121 cm³/mol. The van der Waals surface area contributed by atoms with E-state index in [1.54, 1.807) is 12.1 Å². The molecule has 178 valence electrons. The van der Waals surface area contributed by atoms with E-state index >= 15 is 0 Å². The molecule has 10 heteroatoms. The van der Waals surface area contributed by atoms with Crippen LogP contribution in [0, 0.1) is 5.82 Å². The summed E-state index contributed by atoms with van der Waals surface area (Å²) in [6.45, 7) is -2.83. The summed E-state index contributed by atoms with van der Waals surface area (Å²) in [6.07, 6.45) is 3.67. The van der Waals surface area contributed by atoms with Crippen LogP contribution in [0.3, 0.4) is 0 Å². The van der Waals surface area contributed by atoms with Crippen LogP contribution in [0.4, 0.5) is 18.0 Å². The van der Waals surface area contributed by atoms with Gasteiger partial charge in [0.15, 0.2) is 0 Å². The van der Waals surface area contributed by atoms with Crippen molar-refractivity contribution < 1.29 is 32.3 Å². The molecule has 1 N–H and O–H groups in total. The van der Waals surface area contributed by atoms with Crippen LogP contribution >= 0.6 is 11.8 Å². The molecule has 0 aromatic heterocycles. The number of rotatable bonds is 8. The van der Waals surface area contributed by atoms with Crippen molar-refractivity contribution in [2.45, 2.75) is 31.3 Å². The highest BCUT2D eigenvalue weighted by atomic mass is 32.2. The summed E-state index contributed by atoms with van der Waals surface area (Å²) in [5.41, 5.74) is 0.579. The second kappa shape index (κ2) is 9.92. The SMILES string of the molecule is O=C1S/C(=C\c2ccc(OC(F)F)cc2)C(=O)N1CCNC(=O)C1(c2ccc(F)cc2)CCC1. The number of carbonyl (C=O) groups excluding carboxylic acids is 3. The minimum absolute atomic E-state index is 0.00834. The van der Waals surface area contributed by atoms with Gasteiger partial charge in [0.2, 0.25) is 5.91 Å². The van der Waals surface area contributed by atoms with Gasteiger partial charge in [0, 0.05) is 13.1 Å². The van der Waals surface area contributed by atoms with E-state index in [-0.39, 0.29) is 35.5 Å². The molecule has 0 bridgehead atoms. The molecule has 0 unspecified atom stereocenters. The Morgan fingerprint density at radius 1 is 1.12 bits per heavy atom. The fourth-order valence-corrected chi connectivity index (χ4v) is 4.85. The number of thioether (sulfide) groups is 1. The highest BCUT2D eigenvalue weighted by Crippen LogP contribution is 2.44. The number of ether oxygens (including phenoxy) is 1. The van der Waals surface area contributed by atoms with Gasteiger partial charge in [-0.25, -0.2) is 4.39 Å². The molecule has 2 aromatic carbocycles. The van der Waals surface area contributed by atoms with E-state index in [1.807, 2.05) is 0 Å². The number of imide groups is 1. The van der Waals surface area contributed by atoms with Crippen molar-refractivity contribution >= 4 is 34.9 Å². The third kappa shape index (κ3) is 4.96. The maximum atomic E-state index is 13.3. The van der Waals surface area contributed by atoms with Crippen molar-refractivity contribution in [2.24, 2.45) is 0 Å². The molecule has 1 saturated carbocycles. The monoisotopic (exact) mass is 490 g/mol. The summed E-state index contributed by atoms with van der Waals surface area (Å²) < 4.78 is 42.1. The van der Waals surface area contributed by atoms with E-state index in [1.165, 1.54) is 42.5 Å². The Hall–Kier alpha value is -3.27. The number of nitrogens with zero attached hydrogens (tertiary/aromatic N) is 1. The molecule has 1 heterocycles. The van der Waals surface area contributed by atoms with Crippen LogP contribution < -0.4 is 10.1 Å². The summed E-state index contributed by atoms with van der Waals surface area (Å²) in [4.78, 5) is 39.1. The number of amides is 3. The second-order valence-electron chi connectivity index (χ2n) is 7.98. The molecule has 6 nitrogen and oxygen atoms in total. The van der Waals surface area contributed by atoms with Gasteiger partial charge in [-0.2, -0.15) is 8.78 Å². The Morgan fingerprint density at radius 2 is 1.79 bits per heavy atom. The van der Waals surface area contributed by atoms with Gasteiger partial charge >= 0.3 is 6.61 Å². The lowest BCUT2D eigenvalue weighted by atomic mass is 9.64. The molecule has 3 amide bonds. The van der Waals surface area contributed by atoms with Gasteiger partial charge in [-0.05, 0) is 66.1 Å². The zero-order chi connectivity index (χ0) is 24.3. The second-order valence-corrected chi connectivity index (χ2v) is 8.97. The van der Waals surface area contributed by atoms with Gasteiger partial charge < -0.3 is 10.1 Å². The van der Waals surface area contributed by atoms with Gasteiger partial charge in [0.25, 0.3) is 11.1 Å². The summed E-state index contributed by atoms with van der Waals surface area (Å²) in [7, 11) is 0. The van der Waals surface area contributed by atoms with Crippen molar-refractivity contribution in [3.8, 4) is 5.75 Å². The van der Waals surface area contributed by atoms with E-state index in [2.05, 4.69) is 10.1 Å². The third-order valence-corrected chi connectivity index (χ3v) is 6.84. The zero-order valence-electron chi connectivity index (χ0n) is 17.9.